The molecular weight excluding hydrogens is 294 g/mol. The number of nitrogens with one attached hydrogen (secondary N) is 3. The molecule has 3 N–H and O–H groups in total. The summed E-state index contributed by atoms with van der Waals surface area (Å²) < 4.78 is 0. The zero-order valence-corrected chi connectivity index (χ0v) is 12.9. The molecule has 0 saturated heterocycles. The number of hydrogen-bond acceptors (Lipinski definition) is 3. The van der Waals surface area contributed by atoms with Gasteiger partial charge >= 0.3 is 0 Å². The van der Waals surface area contributed by atoms with Crippen LogP contribution in [0.1, 0.15) is 46.2 Å². The first-order chi connectivity index (χ1) is 11.1. The molecule has 120 valence electrons. The van der Waals surface area contributed by atoms with Crippen molar-refractivity contribution in [2.75, 3.05) is 0 Å². The molecule has 0 fully saturated rings. The monoisotopic (exact) mass is 313 g/mol. The van der Waals surface area contributed by atoms with Crippen molar-refractivity contribution in [1.82, 2.24) is 15.8 Å². The summed E-state index contributed by atoms with van der Waals surface area (Å²) in [6.45, 7) is 2.04. The summed E-state index contributed by atoms with van der Waals surface area (Å²) in [4.78, 5) is 38.0. The van der Waals surface area contributed by atoms with Crippen molar-refractivity contribution in [2.45, 2.75) is 26.2 Å². The van der Waals surface area contributed by atoms with Gasteiger partial charge in [-0.1, -0.05) is 31.2 Å². The van der Waals surface area contributed by atoms with Gasteiger partial charge in [0, 0.05) is 24.6 Å². The SMILES string of the molecule is CCc1ccc(C(=O)CCC(=O)NNC(=O)c2ccc[nH]2)cc1. The number of aryl methyl sites for hydroxylation is 1. The van der Waals surface area contributed by atoms with Crippen LogP contribution in [-0.2, 0) is 11.2 Å². The molecule has 0 bridgehead atoms. The quantitative estimate of drug-likeness (QED) is 0.563. The lowest BCUT2D eigenvalue weighted by Gasteiger charge is -2.06. The molecule has 0 spiro atoms. The van der Waals surface area contributed by atoms with Crippen LogP contribution in [0.2, 0.25) is 0 Å². The van der Waals surface area contributed by atoms with E-state index >= 15 is 0 Å². The first-order valence-corrected chi connectivity index (χ1v) is 7.45. The standard InChI is InChI=1S/C17H19N3O3/c1-2-12-5-7-13(8-6-12)15(21)9-10-16(22)19-20-17(23)14-4-3-11-18-14/h3-8,11,18H,2,9-10H2,1H3,(H,19,22)(H,20,23). The van der Waals surface area contributed by atoms with Gasteiger partial charge < -0.3 is 4.98 Å². The van der Waals surface area contributed by atoms with Crippen LogP contribution >= 0.6 is 0 Å². The molecule has 6 heteroatoms. The van der Waals surface area contributed by atoms with Gasteiger partial charge in [0.2, 0.25) is 5.91 Å². The van der Waals surface area contributed by atoms with Gasteiger partial charge in [-0.15, -0.1) is 0 Å². The number of hydrogen-bond donors (Lipinski definition) is 3. The van der Waals surface area contributed by atoms with Crippen LogP contribution in [0, 0.1) is 0 Å². The number of carbonyl (C=O) groups excluding carboxylic acids is 3. The van der Waals surface area contributed by atoms with E-state index in [4.69, 9.17) is 0 Å². The molecule has 1 aromatic heterocycles. The molecule has 0 atom stereocenters. The third kappa shape index (κ3) is 4.81. The van der Waals surface area contributed by atoms with Crippen LogP contribution in [0.3, 0.4) is 0 Å². The van der Waals surface area contributed by atoms with Crippen molar-refractivity contribution in [3.05, 3.63) is 59.4 Å². The van der Waals surface area contributed by atoms with Gasteiger partial charge in [-0.25, -0.2) is 0 Å². The Bertz CT molecular complexity index is 676. The molecule has 1 aromatic carbocycles. The van der Waals surface area contributed by atoms with E-state index in [1.807, 2.05) is 19.1 Å². The highest BCUT2D eigenvalue weighted by atomic mass is 16.2. The number of hydrazine groups is 1. The number of amides is 2. The van der Waals surface area contributed by atoms with E-state index in [2.05, 4.69) is 15.8 Å². The lowest BCUT2D eigenvalue weighted by molar-refractivity contribution is -0.121. The Kier molecular flexibility index (Phi) is 5.68. The van der Waals surface area contributed by atoms with Gasteiger partial charge in [-0.3, -0.25) is 25.2 Å². The molecule has 2 aromatic rings. The topological polar surface area (TPSA) is 91.1 Å². The second-order valence-corrected chi connectivity index (χ2v) is 5.06. The van der Waals surface area contributed by atoms with E-state index in [-0.39, 0.29) is 18.6 Å². The number of H-pyrrole nitrogens is 1. The Labute approximate surface area is 134 Å². The summed E-state index contributed by atoms with van der Waals surface area (Å²) in [5.74, 6) is -0.952. The maximum atomic E-state index is 12.0. The van der Waals surface area contributed by atoms with Crippen LogP contribution in [0.4, 0.5) is 0 Å². The minimum Gasteiger partial charge on any atom is -0.357 e. The van der Waals surface area contributed by atoms with Crippen LogP contribution in [0.25, 0.3) is 0 Å². The number of aromatic amines is 1. The van der Waals surface area contributed by atoms with Crippen molar-refractivity contribution in [3.63, 3.8) is 0 Å². The number of ketones is 1. The fourth-order valence-electron chi connectivity index (χ4n) is 2.03. The normalized spacial score (nSPS) is 10.1. The molecular formula is C17H19N3O3. The second kappa shape index (κ2) is 7.93. The molecule has 2 rings (SSSR count). The number of carbonyl (C=O) groups is 3. The smallest absolute Gasteiger partial charge is 0.286 e. The molecule has 2 amide bonds. The molecule has 0 aliphatic heterocycles. The Morgan fingerprint density at radius 3 is 2.35 bits per heavy atom. The van der Waals surface area contributed by atoms with Crippen molar-refractivity contribution in [2.24, 2.45) is 0 Å². The highest BCUT2D eigenvalue weighted by Gasteiger charge is 2.11. The van der Waals surface area contributed by atoms with Gasteiger partial charge in [0.15, 0.2) is 5.78 Å². The summed E-state index contributed by atoms with van der Waals surface area (Å²) in [7, 11) is 0. The molecule has 6 nitrogen and oxygen atoms in total. The second-order valence-electron chi connectivity index (χ2n) is 5.06. The fraction of sp³-hybridized carbons (Fsp3) is 0.235. The lowest BCUT2D eigenvalue weighted by Crippen LogP contribution is -2.41. The third-order valence-electron chi connectivity index (χ3n) is 3.42. The lowest BCUT2D eigenvalue weighted by atomic mass is 10.0. The average Bonchev–Trinajstić information content (AvgIpc) is 3.12. The fourth-order valence-corrected chi connectivity index (χ4v) is 2.03. The van der Waals surface area contributed by atoms with E-state index in [0.29, 0.717) is 11.3 Å². The Morgan fingerprint density at radius 1 is 1.00 bits per heavy atom. The minimum atomic E-state index is -0.440. The maximum absolute atomic E-state index is 12.0. The first kappa shape index (κ1) is 16.5. The maximum Gasteiger partial charge on any atom is 0.286 e. The summed E-state index contributed by atoms with van der Waals surface area (Å²) in [5.41, 5.74) is 6.66. The number of aromatic nitrogens is 1. The summed E-state index contributed by atoms with van der Waals surface area (Å²) in [5, 5.41) is 0. The summed E-state index contributed by atoms with van der Waals surface area (Å²) >= 11 is 0. The Hall–Kier alpha value is -2.89. The average molecular weight is 313 g/mol. The van der Waals surface area contributed by atoms with Crippen molar-refractivity contribution < 1.29 is 14.4 Å². The number of rotatable bonds is 6. The molecule has 0 aliphatic carbocycles. The highest BCUT2D eigenvalue weighted by Crippen LogP contribution is 2.08. The Balaban J connectivity index is 1.75. The van der Waals surface area contributed by atoms with E-state index in [9.17, 15) is 14.4 Å². The number of Topliss-reactive ketones (excluding diaryl/α,β-unsaturated/α-hetero) is 1. The van der Waals surface area contributed by atoms with Gasteiger partial charge in [0.05, 0.1) is 0 Å². The van der Waals surface area contributed by atoms with Crippen molar-refractivity contribution in [1.29, 1.82) is 0 Å². The molecule has 0 unspecified atom stereocenters. The zero-order valence-electron chi connectivity index (χ0n) is 12.9. The van der Waals surface area contributed by atoms with Crippen LogP contribution in [-0.4, -0.2) is 22.6 Å². The van der Waals surface area contributed by atoms with Crippen LogP contribution in [0.5, 0.6) is 0 Å². The largest absolute Gasteiger partial charge is 0.357 e. The highest BCUT2D eigenvalue weighted by molar-refractivity contribution is 5.98. The molecule has 0 saturated carbocycles. The van der Waals surface area contributed by atoms with Gasteiger partial charge in [0.25, 0.3) is 5.91 Å². The molecule has 0 aliphatic rings. The minimum absolute atomic E-state index is 0.0133. The molecule has 23 heavy (non-hydrogen) atoms. The molecule has 0 radical (unpaired) electrons. The predicted octanol–water partition coefficient (Wildman–Crippen LogP) is 2.00. The third-order valence-corrected chi connectivity index (χ3v) is 3.42. The Morgan fingerprint density at radius 2 is 1.74 bits per heavy atom. The van der Waals surface area contributed by atoms with Crippen LogP contribution in [0.15, 0.2) is 42.6 Å². The van der Waals surface area contributed by atoms with E-state index in [1.165, 1.54) is 0 Å². The van der Waals surface area contributed by atoms with Crippen molar-refractivity contribution >= 4 is 17.6 Å². The van der Waals surface area contributed by atoms with Crippen LogP contribution < -0.4 is 10.9 Å². The number of benzene rings is 1. The molecule has 1 heterocycles. The van der Waals surface area contributed by atoms with Gasteiger partial charge in [-0.2, -0.15) is 0 Å². The van der Waals surface area contributed by atoms with Gasteiger partial charge in [0.1, 0.15) is 5.69 Å². The van der Waals surface area contributed by atoms with Gasteiger partial charge in [-0.05, 0) is 24.1 Å². The first-order valence-electron chi connectivity index (χ1n) is 7.45. The zero-order chi connectivity index (χ0) is 16.7. The summed E-state index contributed by atoms with van der Waals surface area (Å²) in [6.07, 6.45) is 2.63. The van der Waals surface area contributed by atoms with E-state index in [1.54, 1.807) is 30.5 Å². The van der Waals surface area contributed by atoms with Crippen molar-refractivity contribution in [3.8, 4) is 0 Å². The summed E-state index contributed by atoms with van der Waals surface area (Å²) in [6, 6.07) is 10.6. The van der Waals surface area contributed by atoms with E-state index in [0.717, 1.165) is 12.0 Å². The van der Waals surface area contributed by atoms with E-state index < -0.39 is 11.8 Å². The predicted molar refractivity (Wildman–Crippen MR) is 85.8 cm³/mol.